The van der Waals surface area contributed by atoms with Crippen molar-refractivity contribution in [1.82, 2.24) is 0 Å². The Balaban J connectivity index is 1.90. The Morgan fingerprint density at radius 1 is 1.15 bits per heavy atom. The average Bonchev–Trinajstić information content (AvgIpc) is 2.87. The highest BCUT2D eigenvalue weighted by molar-refractivity contribution is 5.87. The van der Waals surface area contributed by atoms with Crippen molar-refractivity contribution in [3.8, 4) is 5.75 Å². The normalized spacial score (nSPS) is 15.6. The summed E-state index contributed by atoms with van der Waals surface area (Å²) in [7, 11) is 0. The molecule has 0 aliphatic heterocycles. The number of fused-ring (bicyclic) bond motifs is 1. The number of ether oxygens (including phenoxy) is 1. The lowest BCUT2D eigenvalue weighted by atomic mass is 9.80. The smallest absolute Gasteiger partial charge is 0.335 e. The van der Waals surface area contributed by atoms with Gasteiger partial charge < -0.3 is 9.84 Å². The van der Waals surface area contributed by atoms with Crippen LogP contribution in [0.1, 0.15) is 73.7 Å². The molecule has 0 bridgehead atoms. The molecule has 3 heteroatoms. The van der Waals surface area contributed by atoms with Gasteiger partial charge in [0.25, 0.3) is 0 Å². The van der Waals surface area contributed by atoms with Crippen LogP contribution in [0, 0.1) is 0 Å². The number of carboxylic acids is 1. The molecule has 0 fully saturated rings. The molecule has 2 aromatic rings. The Morgan fingerprint density at radius 3 is 2.38 bits per heavy atom. The third-order valence-electron chi connectivity index (χ3n) is 5.40. The lowest BCUT2D eigenvalue weighted by molar-refractivity contribution is 0.0697. The Bertz CT molecular complexity index is 824. The second-order valence-electron chi connectivity index (χ2n) is 8.93. The van der Waals surface area contributed by atoms with E-state index in [9.17, 15) is 4.79 Å². The third-order valence-corrected chi connectivity index (χ3v) is 5.40. The van der Waals surface area contributed by atoms with Crippen molar-refractivity contribution >= 4 is 5.97 Å². The molecule has 138 valence electrons. The molecule has 0 saturated carbocycles. The molecule has 0 saturated heterocycles. The molecular weight excluding hydrogens is 324 g/mol. The van der Waals surface area contributed by atoms with E-state index in [1.54, 1.807) is 12.1 Å². The maximum atomic E-state index is 11.0. The molecule has 1 aliphatic rings. The van der Waals surface area contributed by atoms with Gasteiger partial charge in [0.2, 0.25) is 0 Å². The van der Waals surface area contributed by atoms with Gasteiger partial charge in [-0.3, -0.25) is 0 Å². The van der Waals surface area contributed by atoms with Gasteiger partial charge in [0.15, 0.2) is 0 Å². The molecule has 0 spiro atoms. The SMILES string of the molecule is CC(C)(C)c1cc(OCc2ccc(C(=O)O)cc2)c2c(c1)C(C)(C)CC2. The Kier molecular flexibility index (Phi) is 4.60. The van der Waals surface area contributed by atoms with Gasteiger partial charge in [0.1, 0.15) is 12.4 Å². The summed E-state index contributed by atoms with van der Waals surface area (Å²) in [5.41, 5.74) is 5.54. The zero-order valence-corrected chi connectivity index (χ0v) is 16.3. The summed E-state index contributed by atoms with van der Waals surface area (Å²) in [5.74, 6) is 0.0655. The minimum absolute atomic E-state index is 0.0644. The van der Waals surface area contributed by atoms with Crippen LogP contribution in [0.3, 0.4) is 0 Å². The van der Waals surface area contributed by atoms with Crippen molar-refractivity contribution in [1.29, 1.82) is 0 Å². The van der Waals surface area contributed by atoms with Crippen molar-refractivity contribution < 1.29 is 14.6 Å². The minimum Gasteiger partial charge on any atom is -0.489 e. The summed E-state index contributed by atoms with van der Waals surface area (Å²) >= 11 is 0. The predicted octanol–water partition coefficient (Wildman–Crippen LogP) is 5.49. The van der Waals surface area contributed by atoms with E-state index in [0.29, 0.717) is 12.2 Å². The molecule has 3 rings (SSSR count). The van der Waals surface area contributed by atoms with Crippen molar-refractivity contribution in [3.63, 3.8) is 0 Å². The Morgan fingerprint density at radius 2 is 1.81 bits per heavy atom. The van der Waals surface area contributed by atoms with Gasteiger partial charge in [0, 0.05) is 0 Å². The fourth-order valence-corrected chi connectivity index (χ4v) is 3.55. The molecule has 0 heterocycles. The predicted molar refractivity (Wildman–Crippen MR) is 104 cm³/mol. The zero-order valence-electron chi connectivity index (χ0n) is 16.3. The molecule has 0 aromatic heterocycles. The van der Waals surface area contributed by atoms with Gasteiger partial charge in [-0.15, -0.1) is 0 Å². The average molecular weight is 352 g/mol. The summed E-state index contributed by atoms with van der Waals surface area (Å²) in [5, 5.41) is 9.01. The first-order chi connectivity index (χ1) is 12.1. The molecule has 26 heavy (non-hydrogen) atoms. The van der Waals surface area contributed by atoms with Gasteiger partial charge in [-0.1, -0.05) is 52.8 Å². The van der Waals surface area contributed by atoms with E-state index in [1.165, 1.54) is 16.7 Å². The lowest BCUT2D eigenvalue weighted by Crippen LogP contribution is -2.16. The van der Waals surface area contributed by atoms with Crippen LogP contribution in [0.5, 0.6) is 5.75 Å². The van der Waals surface area contributed by atoms with Gasteiger partial charge in [-0.25, -0.2) is 4.79 Å². The standard InChI is InChI=1S/C23H28O3/c1-22(2,3)17-12-19-18(10-11-23(19,4)5)20(13-17)26-14-15-6-8-16(9-7-15)21(24)25/h6-9,12-13H,10-11,14H2,1-5H3,(H,24,25). The zero-order chi connectivity index (χ0) is 19.1. The summed E-state index contributed by atoms with van der Waals surface area (Å²) in [4.78, 5) is 11.0. The molecule has 0 unspecified atom stereocenters. The van der Waals surface area contributed by atoms with Crippen LogP contribution in [0.25, 0.3) is 0 Å². The fraction of sp³-hybridized carbons (Fsp3) is 0.435. The summed E-state index contributed by atoms with van der Waals surface area (Å²) in [6.07, 6.45) is 2.18. The van der Waals surface area contributed by atoms with E-state index in [2.05, 4.69) is 46.8 Å². The van der Waals surface area contributed by atoms with Crippen LogP contribution in [-0.4, -0.2) is 11.1 Å². The van der Waals surface area contributed by atoms with Gasteiger partial charge >= 0.3 is 5.97 Å². The summed E-state index contributed by atoms with van der Waals surface area (Å²) in [6.45, 7) is 11.7. The van der Waals surface area contributed by atoms with Crippen molar-refractivity contribution in [2.75, 3.05) is 0 Å². The Labute approximate surface area is 156 Å². The van der Waals surface area contributed by atoms with Crippen molar-refractivity contribution in [2.45, 2.75) is 64.9 Å². The van der Waals surface area contributed by atoms with Gasteiger partial charge in [-0.05, 0) is 64.1 Å². The van der Waals surface area contributed by atoms with Crippen LogP contribution in [-0.2, 0) is 23.9 Å². The second kappa shape index (κ2) is 6.46. The molecule has 0 amide bonds. The second-order valence-corrected chi connectivity index (χ2v) is 8.93. The largest absolute Gasteiger partial charge is 0.489 e. The maximum absolute atomic E-state index is 11.0. The monoisotopic (exact) mass is 352 g/mol. The van der Waals surface area contributed by atoms with E-state index in [-0.39, 0.29) is 10.8 Å². The number of rotatable bonds is 4. The van der Waals surface area contributed by atoms with E-state index in [0.717, 1.165) is 24.2 Å². The molecule has 0 atom stereocenters. The van der Waals surface area contributed by atoms with Gasteiger partial charge in [-0.2, -0.15) is 0 Å². The maximum Gasteiger partial charge on any atom is 0.335 e. The van der Waals surface area contributed by atoms with Crippen LogP contribution >= 0.6 is 0 Å². The first kappa shape index (κ1) is 18.5. The van der Waals surface area contributed by atoms with E-state index < -0.39 is 5.97 Å². The van der Waals surface area contributed by atoms with Crippen LogP contribution in [0.4, 0.5) is 0 Å². The highest BCUT2D eigenvalue weighted by Crippen LogP contribution is 2.45. The number of carbonyl (C=O) groups is 1. The van der Waals surface area contributed by atoms with E-state index in [4.69, 9.17) is 9.84 Å². The number of hydrogen-bond acceptors (Lipinski definition) is 2. The van der Waals surface area contributed by atoms with Crippen LogP contribution in [0.15, 0.2) is 36.4 Å². The fourth-order valence-electron chi connectivity index (χ4n) is 3.55. The number of hydrogen-bond donors (Lipinski definition) is 1. The topological polar surface area (TPSA) is 46.5 Å². The summed E-state index contributed by atoms with van der Waals surface area (Å²) in [6, 6.07) is 11.4. The van der Waals surface area contributed by atoms with Crippen LogP contribution < -0.4 is 4.74 Å². The van der Waals surface area contributed by atoms with E-state index in [1.807, 2.05) is 12.1 Å². The first-order valence-electron chi connectivity index (χ1n) is 9.21. The number of carboxylic acid groups (broad SMARTS) is 1. The van der Waals surface area contributed by atoms with Gasteiger partial charge in [0.05, 0.1) is 5.56 Å². The highest BCUT2D eigenvalue weighted by atomic mass is 16.5. The quantitative estimate of drug-likeness (QED) is 0.792. The molecule has 0 radical (unpaired) electrons. The third kappa shape index (κ3) is 3.62. The molecule has 1 N–H and O–H groups in total. The minimum atomic E-state index is -0.907. The lowest BCUT2D eigenvalue weighted by Gasteiger charge is -2.26. The molecular formula is C23H28O3. The van der Waals surface area contributed by atoms with Crippen LogP contribution in [0.2, 0.25) is 0 Å². The van der Waals surface area contributed by atoms with E-state index >= 15 is 0 Å². The summed E-state index contributed by atoms with van der Waals surface area (Å²) < 4.78 is 6.22. The number of aromatic carboxylic acids is 1. The number of benzene rings is 2. The van der Waals surface area contributed by atoms with Crippen molar-refractivity contribution in [3.05, 3.63) is 64.2 Å². The molecule has 2 aromatic carbocycles. The van der Waals surface area contributed by atoms with Crippen molar-refractivity contribution in [2.24, 2.45) is 0 Å². The molecule has 1 aliphatic carbocycles. The Hall–Kier alpha value is -2.29. The first-order valence-corrected chi connectivity index (χ1v) is 9.21. The molecule has 3 nitrogen and oxygen atoms in total. The highest BCUT2D eigenvalue weighted by Gasteiger charge is 2.33.